The van der Waals surface area contributed by atoms with Crippen LogP contribution in [0.2, 0.25) is 0 Å². The van der Waals surface area contributed by atoms with Gasteiger partial charge < -0.3 is 15.7 Å². The van der Waals surface area contributed by atoms with Crippen molar-refractivity contribution >= 4 is 23.6 Å². The minimum Gasteiger partial charge on any atom is -0.480 e. The van der Waals surface area contributed by atoms with Gasteiger partial charge in [-0.05, 0) is 51.2 Å². The van der Waals surface area contributed by atoms with Crippen molar-refractivity contribution in [2.45, 2.75) is 44.2 Å². The molecule has 2 unspecified atom stereocenters. The van der Waals surface area contributed by atoms with Crippen molar-refractivity contribution in [1.82, 2.24) is 10.6 Å². The minimum atomic E-state index is -0.961. The van der Waals surface area contributed by atoms with Crippen LogP contribution in [0.3, 0.4) is 0 Å². The number of aliphatic carboxylic acids is 1. The second-order valence-electron chi connectivity index (χ2n) is 4.86. The van der Waals surface area contributed by atoms with Gasteiger partial charge in [-0.25, -0.2) is 4.79 Å². The largest absolute Gasteiger partial charge is 0.480 e. The van der Waals surface area contributed by atoms with E-state index in [4.69, 9.17) is 5.11 Å². The highest BCUT2D eigenvalue weighted by Gasteiger charge is 2.36. The summed E-state index contributed by atoms with van der Waals surface area (Å²) < 4.78 is 0. The maximum atomic E-state index is 12.2. The summed E-state index contributed by atoms with van der Waals surface area (Å²) in [4.78, 5) is 23.2. The van der Waals surface area contributed by atoms with Gasteiger partial charge in [0.2, 0.25) is 5.91 Å². The summed E-state index contributed by atoms with van der Waals surface area (Å²) >= 11 is 1.58. The molecule has 0 saturated carbocycles. The Morgan fingerprint density at radius 1 is 1.50 bits per heavy atom. The Kier molecular flexibility index (Phi) is 5.95. The van der Waals surface area contributed by atoms with Gasteiger partial charge in [-0.15, -0.1) is 0 Å². The first-order valence-electron chi connectivity index (χ1n) is 6.27. The van der Waals surface area contributed by atoms with Crippen LogP contribution in [-0.4, -0.2) is 47.1 Å². The molecule has 18 heavy (non-hydrogen) atoms. The Bertz CT molecular complexity index is 304. The summed E-state index contributed by atoms with van der Waals surface area (Å²) in [6.07, 6.45) is 5.20. The summed E-state index contributed by atoms with van der Waals surface area (Å²) in [7, 11) is 0. The molecule has 1 amide bonds. The molecule has 0 aromatic carbocycles. The van der Waals surface area contributed by atoms with Gasteiger partial charge in [-0.1, -0.05) is 0 Å². The fraction of sp³-hybridized carbons (Fsp3) is 0.833. The van der Waals surface area contributed by atoms with Gasteiger partial charge in [0.15, 0.2) is 0 Å². The van der Waals surface area contributed by atoms with E-state index in [-0.39, 0.29) is 5.91 Å². The first-order valence-corrected chi connectivity index (χ1v) is 7.67. The third-order valence-electron chi connectivity index (χ3n) is 3.33. The van der Waals surface area contributed by atoms with E-state index in [0.29, 0.717) is 6.42 Å². The Hall–Kier alpha value is -0.750. The van der Waals surface area contributed by atoms with Crippen molar-refractivity contribution < 1.29 is 14.7 Å². The molecule has 0 radical (unpaired) electrons. The smallest absolute Gasteiger partial charge is 0.326 e. The van der Waals surface area contributed by atoms with Crippen LogP contribution in [0.25, 0.3) is 0 Å². The van der Waals surface area contributed by atoms with E-state index < -0.39 is 17.6 Å². The quantitative estimate of drug-likeness (QED) is 0.669. The molecule has 3 N–H and O–H groups in total. The number of amides is 1. The van der Waals surface area contributed by atoms with Crippen LogP contribution in [0.1, 0.15) is 32.6 Å². The van der Waals surface area contributed by atoms with Crippen molar-refractivity contribution in [3.8, 4) is 0 Å². The van der Waals surface area contributed by atoms with Crippen LogP contribution in [0.15, 0.2) is 0 Å². The number of carboxylic acids is 1. The fourth-order valence-electron chi connectivity index (χ4n) is 2.06. The molecule has 0 bridgehead atoms. The second-order valence-corrected chi connectivity index (χ2v) is 5.85. The Morgan fingerprint density at radius 2 is 2.22 bits per heavy atom. The zero-order valence-corrected chi connectivity index (χ0v) is 11.8. The molecule has 1 saturated heterocycles. The lowest BCUT2D eigenvalue weighted by molar-refractivity contribution is -0.143. The maximum Gasteiger partial charge on any atom is 0.326 e. The van der Waals surface area contributed by atoms with Crippen LogP contribution in [-0.2, 0) is 9.59 Å². The van der Waals surface area contributed by atoms with E-state index in [2.05, 4.69) is 10.6 Å². The minimum absolute atomic E-state index is 0.198. The van der Waals surface area contributed by atoms with Gasteiger partial charge >= 0.3 is 5.97 Å². The van der Waals surface area contributed by atoms with Crippen LogP contribution < -0.4 is 10.6 Å². The Labute approximate surface area is 112 Å². The van der Waals surface area contributed by atoms with Gasteiger partial charge in [0, 0.05) is 0 Å². The molecule has 6 heteroatoms. The molecule has 104 valence electrons. The molecule has 1 aliphatic rings. The number of hydrogen-bond acceptors (Lipinski definition) is 4. The van der Waals surface area contributed by atoms with E-state index in [9.17, 15) is 9.59 Å². The zero-order chi connectivity index (χ0) is 13.6. The Morgan fingerprint density at radius 3 is 2.72 bits per heavy atom. The van der Waals surface area contributed by atoms with Crippen molar-refractivity contribution in [2.75, 3.05) is 18.6 Å². The summed E-state index contributed by atoms with van der Waals surface area (Å²) in [6, 6.07) is -0.787. The number of rotatable bonds is 6. The van der Waals surface area contributed by atoms with Gasteiger partial charge in [0.1, 0.15) is 6.04 Å². The topological polar surface area (TPSA) is 78.4 Å². The number of piperidine rings is 1. The lowest BCUT2D eigenvalue weighted by atomic mass is 9.89. The summed E-state index contributed by atoms with van der Waals surface area (Å²) in [5.41, 5.74) is -0.620. The second kappa shape index (κ2) is 6.99. The monoisotopic (exact) mass is 274 g/mol. The molecule has 5 nitrogen and oxygen atoms in total. The van der Waals surface area contributed by atoms with E-state index in [1.54, 1.807) is 11.8 Å². The van der Waals surface area contributed by atoms with E-state index in [0.717, 1.165) is 31.6 Å². The normalized spacial score (nSPS) is 25.4. The first kappa shape index (κ1) is 15.3. The predicted octanol–water partition coefficient (Wildman–Crippen LogP) is 0.841. The average Bonchev–Trinajstić information content (AvgIpc) is 2.34. The van der Waals surface area contributed by atoms with Gasteiger partial charge in [0.05, 0.1) is 5.54 Å². The highest BCUT2D eigenvalue weighted by Crippen LogP contribution is 2.19. The number of carbonyl (C=O) groups excluding carboxylic acids is 1. The highest BCUT2D eigenvalue weighted by atomic mass is 32.2. The third kappa shape index (κ3) is 4.17. The lowest BCUT2D eigenvalue weighted by Crippen LogP contribution is -2.59. The number of carboxylic acid groups (broad SMARTS) is 1. The van der Waals surface area contributed by atoms with Crippen molar-refractivity contribution in [3.05, 3.63) is 0 Å². The lowest BCUT2D eigenvalue weighted by Gasteiger charge is -2.34. The highest BCUT2D eigenvalue weighted by molar-refractivity contribution is 7.98. The number of thioether (sulfide) groups is 1. The summed E-state index contributed by atoms with van der Waals surface area (Å²) in [5.74, 6) is -0.436. The van der Waals surface area contributed by atoms with E-state index in [1.165, 1.54) is 0 Å². The number of carbonyl (C=O) groups is 2. The third-order valence-corrected chi connectivity index (χ3v) is 3.98. The van der Waals surface area contributed by atoms with Crippen LogP contribution in [0, 0.1) is 0 Å². The Balaban J connectivity index is 2.56. The number of nitrogens with one attached hydrogen (secondary N) is 2. The van der Waals surface area contributed by atoms with Gasteiger partial charge in [0.25, 0.3) is 0 Å². The molecule has 0 aliphatic carbocycles. The van der Waals surface area contributed by atoms with Crippen LogP contribution in [0.5, 0.6) is 0 Å². The SMILES string of the molecule is CSCCC(NC(=O)C1(C)CCCCN1)C(=O)O. The van der Waals surface area contributed by atoms with Crippen LogP contribution >= 0.6 is 11.8 Å². The first-order chi connectivity index (χ1) is 8.49. The molecular weight excluding hydrogens is 252 g/mol. The number of hydrogen-bond donors (Lipinski definition) is 3. The summed E-state index contributed by atoms with van der Waals surface area (Å²) in [6.45, 7) is 2.65. The van der Waals surface area contributed by atoms with Gasteiger partial charge in [-0.2, -0.15) is 11.8 Å². The maximum absolute atomic E-state index is 12.2. The predicted molar refractivity (Wildman–Crippen MR) is 72.8 cm³/mol. The molecule has 0 aromatic heterocycles. The van der Waals surface area contributed by atoms with Gasteiger partial charge in [-0.3, -0.25) is 4.79 Å². The average molecular weight is 274 g/mol. The van der Waals surface area contributed by atoms with E-state index in [1.807, 2.05) is 13.2 Å². The molecule has 0 spiro atoms. The van der Waals surface area contributed by atoms with Crippen molar-refractivity contribution in [1.29, 1.82) is 0 Å². The van der Waals surface area contributed by atoms with Crippen LogP contribution in [0.4, 0.5) is 0 Å². The summed E-state index contributed by atoms with van der Waals surface area (Å²) in [5, 5.41) is 14.9. The van der Waals surface area contributed by atoms with Crippen molar-refractivity contribution in [3.63, 3.8) is 0 Å². The molecule has 2 atom stereocenters. The molecule has 1 rings (SSSR count). The molecule has 0 aromatic rings. The zero-order valence-electron chi connectivity index (χ0n) is 11.0. The molecule has 1 aliphatic heterocycles. The molecular formula is C12H22N2O3S. The van der Waals surface area contributed by atoms with Crippen molar-refractivity contribution in [2.24, 2.45) is 0 Å². The fourth-order valence-corrected chi connectivity index (χ4v) is 2.53. The molecule has 1 fully saturated rings. The van der Waals surface area contributed by atoms with E-state index >= 15 is 0 Å². The molecule has 1 heterocycles. The standard InChI is InChI=1S/C12H22N2O3S/c1-12(6-3-4-7-13-12)11(17)14-9(10(15)16)5-8-18-2/h9,13H,3-8H2,1-2H3,(H,14,17)(H,15,16).